The fourth-order valence-corrected chi connectivity index (χ4v) is 2.06. The monoisotopic (exact) mass is 313 g/mol. The van der Waals surface area contributed by atoms with Crippen molar-refractivity contribution in [2.75, 3.05) is 7.11 Å². The molecule has 0 saturated heterocycles. The van der Waals surface area contributed by atoms with Gasteiger partial charge < -0.3 is 13.9 Å². The Labute approximate surface area is 130 Å². The molecule has 1 aliphatic heterocycles. The second kappa shape index (κ2) is 5.80. The zero-order chi connectivity index (χ0) is 16.4. The summed E-state index contributed by atoms with van der Waals surface area (Å²) in [6.07, 6.45) is 2.95. The maximum atomic E-state index is 11.9. The number of carbonyl (C=O) groups excluding carboxylic acids is 1. The van der Waals surface area contributed by atoms with Crippen LogP contribution in [0.5, 0.6) is 5.75 Å². The van der Waals surface area contributed by atoms with Crippen molar-refractivity contribution < 1.29 is 23.6 Å². The van der Waals surface area contributed by atoms with Gasteiger partial charge in [0.25, 0.3) is 0 Å². The van der Waals surface area contributed by atoms with Gasteiger partial charge in [-0.05, 0) is 42.5 Å². The highest BCUT2D eigenvalue weighted by molar-refractivity contribution is 6.04. The maximum absolute atomic E-state index is 11.9. The van der Waals surface area contributed by atoms with Gasteiger partial charge in [-0.15, -0.1) is 0 Å². The first-order valence-electron chi connectivity index (χ1n) is 6.61. The number of rotatable bonds is 4. The van der Waals surface area contributed by atoms with Crippen LogP contribution in [0.2, 0.25) is 0 Å². The normalized spacial score (nSPS) is 15.4. The summed E-state index contributed by atoms with van der Waals surface area (Å²) in [7, 11) is 1.56. The first-order chi connectivity index (χ1) is 11.1. The van der Waals surface area contributed by atoms with Gasteiger partial charge in [-0.3, -0.25) is 10.1 Å². The highest BCUT2D eigenvalue weighted by Crippen LogP contribution is 2.29. The molecule has 3 rings (SSSR count). The van der Waals surface area contributed by atoms with Crippen molar-refractivity contribution in [2.24, 2.45) is 0 Å². The standard InChI is InChI=1S/C16H11NO6/c1-21-12-4-2-10(3-5-12)14-9-11(16(18)23-14)8-13-6-7-15(22-13)17(19)20/h2-9H,1H3. The van der Waals surface area contributed by atoms with E-state index in [1.165, 1.54) is 18.2 Å². The fraction of sp³-hybridized carbons (Fsp3) is 0.0625. The summed E-state index contributed by atoms with van der Waals surface area (Å²) in [5, 5.41) is 10.6. The predicted octanol–water partition coefficient (Wildman–Crippen LogP) is 3.18. The van der Waals surface area contributed by atoms with Crippen LogP contribution in [0, 0.1) is 10.1 Å². The Balaban J connectivity index is 1.87. The Morgan fingerprint density at radius 1 is 1.17 bits per heavy atom. The molecule has 0 atom stereocenters. The Morgan fingerprint density at radius 2 is 1.91 bits per heavy atom. The van der Waals surface area contributed by atoms with Crippen molar-refractivity contribution in [3.05, 3.63) is 69.5 Å². The van der Waals surface area contributed by atoms with Crippen molar-refractivity contribution >= 4 is 23.7 Å². The van der Waals surface area contributed by atoms with E-state index in [0.717, 1.165) is 0 Å². The molecule has 7 heteroatoms. The van der Waals surface area contributed by atoms with Gasteiger partial charge in [-0.2, -0.15) is 0 Å². The third kappa shape index (κ3) is 2.98. The van der Waals surface area contributed by atoms with Gasteiger partial charge in [-0.25, -0.2) is 4.79 Å². The van der Waals surface area contributed by atoms with Crippen molar-refractivity contribution in [3.63, 3.8) is 0 Å². The number of esters is 1. The molecule has 1 aromatic heterocycles. The van der Waals surface area contributed by atoms with E-state index in [4.69, 9.17) is 13.9 Å². The van der Waals surface area contributed by atoms with Crippen molar-refractivity contribution in [1.29, 1.82) is 0 Å². The highest BCUT2D eigenvalue weighted by Gasteiger charge is 2.23. The minimum atomic E-state index is -0.645. The van der Waals surface area contributed by atoms with Crippen molar-refractivity contribution in [1.82, 2.24) is 0 Å². The number of methoxy groups -OCH3 is 1. The first kappa shape index (κ1) is 14.6. The van der Waals surface area contributed by atoms with Gasteiger partial charge in [0.05, 0.1) is 18.7 Å². The molecule has 2 aromatic rings. The molecular weight excluding hydrogens is 302 g/mol. The molecule has 23 heavy (non-hydrogen) atoms. The molecule has 0 spiro atoms. The summed E-state index contributed by atoms with van der Waals surface area (Å²) in [6.45, 7) is 0. The van der Waals surface area contributed by atoms with E-state index in [0.29, 0.717) is 17.1 Å². The summed E-state index contributed by atoms with van der Waals surface area (Å²) in [4.78, 5) is 21.8. The van der Waals surface area contributed by atoms with E-state index in [1.807, 2.05) is 0 Å². The number of benzene rings is 1. The van der Waals surface area contributed by atoms with Gasteiger partial charge in [0, 0.05) is 5.56 Å². The maximum Gasteiger partial charge on any atom is 0.433 e. The number of hydrogen-bond donors (Lipinski definition) is 0. The third-order valence-corrected chi connectivity index (χ3v) is 3.19. The van der Waals surface area contributed by atoms with Crippen LogP contribution in [-0.2, 0) is 9.53 Å². The number of nitro groups is 1. The Kier molecular flexibility index (Phi) is 3.68. The molecule has 116 valence electrons. The Morgan fingerprint density at radius 3 is 2.52 bits per heavy atom. The topological polar surface area (TPSA) is 91.8 Å². The summed E-state index contributed by atoms with van der Waals surface area (Å²) < 4.78 is 15.3. The van der Waals surface area contributed by atoms with E-state index in [2.05, 4.69) is 0 Å². The molecule has 0 aliphatic carbocycles. The van der Waals surface area contributed by atoms with Gasteiger partial charge in [0.2, 0.25) is 0 Å². The molecule has 0 bridgehead atoms. The van der Waals surface area contributed by atoms with E-state index < -0.39 is 10.9 Å². The Bertz CT molecular complexity index is 829. The summed E-state index contributed by atoms with van der Waals surface area (Å²) >= 11 is 0. The second-order valence-electron chi connectivity index (χ2n) is 4.66. The van der Waals surface area contributed by atoms with Crippen LogP contribution in [0.25, 0.3) is 11.8 Å². The quantitative estimate of drug-likeness (QED) is 0.372. The Hall–Kier alpha value is -3.35. The van der Waals surface area contributed by atoms with Gasteiger partial charge in [-0.1, -0.05) is 0 Å². The zero-order valence-electron chi connectivity index (χ0n) is 12.0. The van der Waals surface area contributed by atoms with Gasteiger partial charge >= 0.3 is 11.9 Å². The molecule has 0 unspecified atom stereocenters. The van der Waals surface area contributed by atoms with E-state index in [9.17, 15) is 14.9 Å². The molecule has 1 aliphatic rings. The van der Waals surface area contributed by atoms with Crippen LogP contribution < -0.4 is 4.74 Å². The van der Waals surface area contributed by atoms with Crippen LogP contribution in [0.4, 0.5) is 5.88 Å². The van der Waals surface area contributed by atoms with E-state index >= 15 is 0 Å². The molecule has 7 nitrogen and oxygen atoms in total. The zero-order valence-corrected chi connectivity index (χ0v) is 12.0. The number of cyclic esters (lactones) is 1. The summed E-state index contributed by atoms with van der Waals surface area (Å²) in [6, 6.07) is 9.67. The molecule has 0 amide bonds. The van der Waals surface area contributed by atoms with Gasteiger partial charge in [0.1, 0.15) is 22.2 Å². The highest BCUT2D eigenvalue weighted by atomic mass is 16.6. The smallest absolute Gasteiger partial charge is 0.433 e. The van der Waals surface area contributed by atoms with Crippen LogP contribution in [0.3, 0.4) is 0 Å². The summed E-state index contributed by atoms with van der Waals surface area (Å²) in [5.74, 6) is 0.357. The molecule has 1 aromatic carbocycles. The average Bonchev–Trinajstić information content (AvgIpc) is 3.15. The van der Waals surface area contributed by atoms with Crippen LogP contribution in [-0.4, -0.2) is 18.0 Å². The average molecular weight is 313 g/mol. The fourth-order valence-electron chi connectivity index (χ4n) is 2.06. The number of hydrogen-bond acceptors (Lipinski definition) is 6. The lowest BCUT2D eigenvalue weighted by Gasteiger charge is -2.03. The van der Waals surface area contributed by atoms with Crippen molar-refractivity contribution in [3.8, 4) is 5.75 Å². The molecular formula is C16H11NO6. The minimum absolute atomic E-state index is 0.205. The lowest BCUT2D eigenvalue weighted by Crippen LogP contribution is -1.97. The predicted molar refractivity (Wildman–Crippen MR) is 80.4 cm³/mol. The second-order valence-corrected chi connectivity index (χ2v) is 4.66. The molecule has 2 heterocycles. The SMILES string of the molecule is COc1ccc(C2=CC(=Cc3ccc([N+](=O)[O-])o3)C(=O)O2)cc1. The van der Waals surface area contributed by atoms with Crippen LogP contribution >= 0.6 is 0 Å². The number of ether oxygens (including phenoxy) is 2. The van der Waals surface area contributed by atoms with E-state index in [-0.39, 0.29) is 17.2 Å². The minimum Gasteiger partial charge on any atom is -0.497 e. The number of nitrogens with zero attached hydrogens (tertiary/aromatic N) is 1. The number of furan rings is 1. The van der Waals surface area contributed by atoms with Crippen LogP contribution in [0.1, 0.15) is 11.3 Å². The lowest BCUT2D eigenvalue weighted by molar-refractivity contribution is -0.402. The summed E-state index contributed by atoms with van der Waals surface area (Å²) in [5.41, 5.74) is 0.966. The molecule has 0 saturated carbocycles. The van der Waals surface area contributed by atoms with Gasteiger partial charge in [0.15, 0.2) is 0 Å². The van der Waals surface area contributed by atoms with Crippen molar-refractivity contribution in [2.45, 2.75) is 0 Å². The lowest BCUT2D eigenvalue weighted by atomic mass is 10.1. The largest absolute Gasteiger partial charge is 0.497 e. The third-order valence-electron chi connectivity index (χ3n) is 3.19. The van der Waals surface area contributed by atoms with Crippen LogP contribution in [0.15, 0.2) is 52.5 Å². The molecule has 0 fully saturated rings. The number of carbonyl (C=O) groups is 1. The van der Waals surface area contributed by atoms with E-state index in [1.54, 1.807) is 37.5 Å². The molecule has 0 N–H and O–H groups in total. The molecule has 0 radical (unpaired) electrons. The first-order valence-corrected chi connectivity index (χ1v) is 6.61.